The minimum Gasteiger partial charge on any atom is -0.493 e. The lowest BCUT2D eigenvalue weighted by atomic mass is 10.1. The van der Waals surface area contributed by atoms with Crippen LogP contribution in [0.3, 0.4) is 0 Å². The maximum Gasteiger partial charge on any atom is 0.279 e. The van der Waals surface area contributed by atoms with Crippen molar-refractivity contribution >= 4 is 28.6 Å². The van der Waals surface area contributed by atoms with Crippen molar-refractivity contribution in [3.05, 3.63) is 99.0 Å². The van der Waals surface area contributed by atoms with Crippen LogP contribution in [0, 0.1) is 5.82 Å². The summed E-state index contributed by atoms with van der Waals surface area (Å²) >= 11 is 1.11. The van der Waals surface area contributed by atoms with Crippen molar-refractivity contribution in [2.24, 2.45) is 9.98 Å². The highest BCUT2D eigenvalue weighted by atomic mass is 32.1. The summed E-state index contributed by atoms with van der Waals surface area (Å²) in [5.74, 6) is -0.733. The van der Waals surface area contributed by atoms with E-state index in [1.807, 2.05) is 30.3 Å². The van der Waals surface area contributed by atoms with Crippen molar-refractivity contribution in [2.45, 2.75) is 0 Å². The summed E-state index contributed by atoms with van der Waals surface area (Å²) in [6, 6.07) is 18.4. The van der Waals surface area contributed by atoms with E-state index in [1.165, 1.54) is 22.8 Å². The van der Waals surface area contributed by atoms with Gasteiger partial charge in [0.1, 0.15) is 10.7 Å². The lowest BCUT2D eigenvalue weighted by Crippen LogP contribution is -2.23. The fourth-order valence-electron chi connectivity index (χ4n) is 3.24. The predicted molar refractivity (Wildman–Crippen MR) is 109 cm³/mol. The average molecular weight is 416 g/mol. The average Bonchev–Trinajstić information content (AvgIpc) is 3.24. The number of carbonyl (C=O) groups excluding carboxylic acids is 1. The SMILES string of the molecule is O=C1N=c2ccc(F)cc2=C1c1s/c(=N/c2ccccn2)n(-c2ccccc2)c1O. The molecule has 1 N–H and O–H groups in total. The molecule has 2 aromatic carbocycles. The van der Waals surface area contributed by atoms with Crippen LogP contribution in [0.25, 0.3) is 11.3 Å². The molecule has 0 unspecified atom stereocenters. The van der Waals surface area contributed by atoms with Crippen molar-refractivity contribution < 1.29 is 14.3 Å². The van der Waals surface area contributed by atoms with Gasteiger partial charge in [-0.2, -0.15) is 0 Å². The molecule has 4 aromatic rings. The van der Waals surface area contributed by atoms with E-state index in [2.05, 4.69) is 15.0 Å². The van der Waals surface area contributed by atoms with E-state index in [4.69, 9.17) is 0 Å². The molecular formula is C22H13FN4O2S. The Labute approximate surface area is 173 Å². The Morgan fingerprint density at radius 3 is 2.60 bits per heavy atom. The number of benzene rings is 2. The zero-order chi connectivity index (χ0) is 20.7. The first-order chi connectivity index (χ1) is 14.6. The highest BCUT2D eigenvalue weighted by molar-refractivity contribution is 7.11. The molecule has 0 radical (unpaired) electrons. The standard InChI is InChI=1S/C22H13FN4O2S/c23-13-9-10-16-15(12-13)18(20(28)25-16)19-21(29)27(14-6-2-1-3-7-14)22(30-19)26-17-8-4-5-11-24-17/h1-12,29H/b26-22+. The van der Waals surface area contributed by atoms with Crippen LogP contribution in [0.5, 0.6) is 5.88 Å². The van der Waals surface area contributed by atoms with Crippen LogP contribution in [0.15, 0.2) is 82.9 Å². The number of hydrogen-bond acceptors (Lipinski definition) is 5. The molecule has 0 saturated carbocycles. The molecule has 1 aliphatic rings. The number of nitrogens with zero attached hydrogens (tertiary/aromatic N) is 4. The van der Waals surface area contributed by atoms with Gasteiger partial charge in [-0.15, -0.1) is 0 Å². The lowest BCUT2D eigenvalue weighted by Gasteiger charge is -2.05. The third-order valence-electron chi connectivity index (χ3n) is 4.56. The van der Waals surface area contributed by atoms with Crippen molar-refractivity contribution in [2.75, 3.05) is 0 Å². The highest BCUT2D eigenvalue weighted by Crippen LogP contribution is 2.30. The van der Waals surface area contributed by atoms with Gasteiger partial charge in [-0.05, 0) is 42.5 Å². The molecule has 1 aliphatic heterocycles. The maximum atomic E-state index is 13.9. The summed E-state index contributed by atoms with van der Waals surface area (Å²) in [5, 5.41) is 11.8. The molecule has 0 fully saturated rings. The van der Waals surface area contributed by atoms with Gasteiger partial charge >= 0.3 is 0 Å². The Kier molecular flexibility index (Phi) is 4.33. The first kappa shape index (κ1) is 18.1. The highest BCUT2D eigenvalue weighted by Gasteiger charge is 2.26. The van der Waals surface area contributed by atoms with E-state index in [-0.39, 0.29) is 16.3 Å². The lowest BCUT2D eigenvalue weighted by molar-refractivity contribution is -0.112. The van der Waals surface area contributed by atoms with Gasteiger partial charge in [0.05, 0.1) is 16.6 Å². The van der Waals surface area contributed by atoms with Gasteiger partial charge in [0, 0.05) is 11.4 Å². The first-order valence-corrected chi connectivity index (χ1v) is 9.83. The quantitative estimate of drug-likeness (QED) is 0.557. The molecule has 146 valence electrons. The molecule has 5 rings (SSSR count). The van der Waals surface area contributed by atoms with Crippen LogP contribution in [0.1, 0.15) is 4.88 Å². The van der Waals surface area contributed by atoms with Gasteiger partial charge in [0.2, 0.25) is 5.88 Å². The van der Waals surface area contributed by atoms with E-state index in [0.717, 1.165) is 11.3 Å². The summed E-state index contributed by atoms with van der Waals surface area (Å²) < 4.78 is 15.4. The predicted octanol–water partition coefficient (Wildman–Crippen LogP) is 2.37. The molecule has 0 atom stereocenters. The number of amides is 1. The van der Waals surface area contributed by atoms with Crippen LogP contribution < -0.4 is 15.4 Å². The maximum absolute atomic E-state index is 13.9. The van der Waals surface area contributed by atoms with Crippen LogP contribution >= 0.6 is 11.3 Å². The third kappa shape index (κ3) is 3.03. The van der Waals surface area contributed by atoms with Crippen molar-refractivity contribution in [1.82, 2.24) is 9.55 Å². The minimum absolute atomic E-state index is 0.152. The van der Waals surface area contributed by atoms with E-state index in [1.54, 1.807) is 24.4 Å². The van der Waals surface area contributed by atoms with Gasteiger partial charge < -0.3 is 5.11 Å². The van der Waals surface area contributed by atoms with Crippen LogP contribution in [-0.2, 0) is 4.79 Å². The number of hydrogen-bond donors (Lipinski definition) is 1. The molecular weight excluding hydrogens is 403 g/mol. The Hall–Kier alpha value is -3.91. The number of thiazole rings is 1. The molecule has 8 heteroatoms. The number of halogens is 1. The van der Waals surface area contributed by atoms with Crippen LogP contribution in [0.4, 0.5) is 10.2 Å². The zero-order valence-electron chi connectivity index (χ0n) is 15.4. The zero-order valence-corrected chi connectivity index (χ0v) is 16.2. The van der Waals surface area contributed by atoms with Gasteiger partial charge in [-0.3, -0.25) is 9.36 Å². The monoisotopic (exact) mass is 416 g/mol. The van der Waals surface area contributed by atoms with Gasteiger partial charge in [-0.1, -0.05) is 35.6 Å². The third-order valence-corrected chi connectivity index (χ3v) is 5.61. The topological polar surface area (TPSA) is 79.8 Å². The van der Waals surface area contributed by atoms with E-state index in [9.17, 15) is 14.3 Å². The van der Waals surface area contributed by atoms with Crippen LogP contribution in [0.2, 0.25) is 0 Å². The first-order valence-electron chi connectivity index (χ1n) is 9.01. The molecule has 6 nitrogen and oxygen atoms in total. The number of pyridine rings is 1. The number of aromatic nitrogens is 2. The summed E-state index contributed by atoms with van der Waals surface area (Å²) in [5.41, 5.74) is 0.814. The summed E-state index contributed by atoms with van der Waals surface area (Å²) in [6.07, 6.45) is 1.62. The van der Waals surface area contributed by atoms with Gasteiger partial charge in [0.15, 0.2) is 10.6 Å². The Morgan fingerprint density at radius 1 is 1.03 bits per heavy atom. The number of para-hydroxylation sites is 1. The summed E-state index contributed by atoms with van der Waals surface area (Å²) in [4.78, 5) is 26.1. The molecule has 1 amide bonds. The summed E-state index contributed by atoms with van der Waals surface area (Å²) in [6.45, 7) is 0. The van der Waals surface area contributed by atoms with E-state index >= 15 is 0 Å². The van der Waals surface area contributed by atoms with Crippen molar-refractivity contribution in [3.8, 4) is 11.6 Å². The Bertz CT molecular complexity index is 1480. The second kappa shape index (κ2) is 7.16. The second-order valence-corrected chi connectivity index (χ2v) is 7.44. The molecule has 0 aliphatic carbocycles. The Morgan fingerprint density at radius 2 is 1.83 bits per heavy atom. The minimum atomic E-state index is -0.531. The molecule has 30 heavy (non-hydrogen) atoms. The van der Waals surface area contributed by atoms with Crippen molar-refractivity contribution in [1.29, 1.82) is 0 Å². The smallest absolute Gasteiger partial charge is 0.279 e. The van der Waals surface area contributed by atoms with Crippen molar-refractivity contribution in [3.63, 3.8) is 0 Å². The van der Waals surface area contributed by atoms with E-state index < -0.39 is 11.7 Å². The molecule has 0 spiro atoms. The molecule has 0 saturated heterocycles. The van der Waals surface area contributed by atoms with Gasteiger partial charge in [-0.25, -0.2) is 19.4 Å². The van der Waals surface area contributed by atoms with Crippen LogP contribution in [-0.4, -0.2) is 20.6 Å². The molecule has 0 bridgehead atoms. The second-order valence-electron chi connectivity index (χ2n) is 6.46. The Balaban J connectivity index is 1.85. The molecule has 3 heterocycles. The van der Waals surface area contributed by atoms with Gasteiger partial charge in [0.25, 0.3) is 5.91 Å². The molecule has 2 aromatic heterocycles. The summed E-state index contributed by atoms with van der Waals surface area (Å²) in [7, 11) is 0. The fraction of sp³-hybridized carbons (Fsp3) is 0. The number of fused-ring (bicyclic) bond motifs is 1. The largest absolute Gasteiger partial charge is 0.493 e. The number of rotatable bonds is 3. The fourth-order valence-corrected chi connectivity index (χ4v) is 4.33. The van der Waals surface area contributed by atoms with E-state index in [0.29, 0.717) is 26.9 Å². The number of carbonyl (C=O) groups is 1. The normalized spacial score (nSPS) is 13.4. The number of aromatic hydroxyl groups is 1.